The highest BCUT2D eigenvalue weighted by molar-refractivity contribution is 5.46. The Bertz CT molecular complexity index is 75.5. The molecule has 1 amide bonds. The summed E-state index contributed by atoms with van der Waals surface area (Å²) in [6.45, 7) is 6.13. The Kier molecular flexibility index (Phi) is 3.24. The van der Waals surface area contributed by atoms with E-state index in [-0.39, 0.29) is 1.43 Å². The van der Waals surface area contributed by atoms with Gasteiger partial charge in [-0.1, -0.05) is 13.8 Å². The molecule has 0 heterocycles. The van der Waals surface area contributed by atoms with Crippen LogP contribution in [-0.4, -0.2) is 12.5 Å². The van der Waals surface area contributed by atoms with Gasteiger partial charge >= 0.3 is 0 Å². The zero-order valence-electron chi connectivity index (χ0n) is 5.64. The third kappa shape index (κ3) is 2.61. The molecule has 0 radical (unpaired) electrons. The molecule has 1 N–H and O–H groups in total. The van der Waals surface area contributed by atoms with Crippen molar-refractivity contribution in [1.29, 1.82) is 0 Å². The number of hydrogen-bond acceptors (Lipinski definition) is 1. The molecule has 0 aliphatic carbocycles. The average molecular weight is 117 g/mol. The molecule has 8 heavy (non-hydrogen) atoms. The van der Waals surface area contributed by atoms with Crippen LogP contribution in [0.3, 0.4) is 0 Å². The molecular formula is C6H15NO. The molecule has 0 aromatic heterocycles. The third-order valence-corrected chi connectivity index (χ3v) is 1.33. The molecule has 0 spiro atoms. The number of carbonyl (C=O) groups excluding carboxylic acids is 1. The summed E-state index contributed by atoms with van der Waals surface area (Å²) in [5, 5.41) is 2.66. The molecule has 0 rings (SSSR count). The summed E-state index contributed by atoms with van der Waals surface area (Å²) >= 11 is 0. The van der Waals surface area contributed by atoms with Crippen molar-refractivity contribution >= 4 is 6.41 Å². The number of rotatable bonds is 3. The van der Waals surface area contributed by atoms with Gasteiger partial charge in [0.1, 0.15) is 0 Å². The van der Waals surface area contributed by atoms with E-state index in [9.17, 15) is 4.79 Å². The van der Waals surface area contributed by atoms with E-state index >= 15 is 0 Å². The summed E-state index contributed by atoms with van der Waals surface area (Å²) in [6, 6.07) is 0.299. The van der Waals surface area contributed by atoms with E-state index in [2.05, 4.69) is 19.2 Å². The van der Waals surface area contributed by atoms with Gasteiger partial charge in [-0.25, -0.2) is 0 Å². The van der Waals surface area contributed by atoms with E-state index in [0.717, 1.165) is 6.41 Å². The van der Waals surface area contributed by atoms with Crippen LogP contribution in [0.4, 0.5) is 0 Å². The molecule has 0 aromatic carbocycles. The molecule has 2 nitrogen and oxygen atoms in total. The van der Waals surface area contributed by atoms with Gasteiger partial charge in [-0.3, -0.25) is 4.79 Å². The SMILES string of the molecule is CC(C)[C@H](C)NC=O.[HH]. The molecule has 0 aromatic rings. The van der Waals surface area contributed by atoms with Gasteiger partial charge in [-0.05, 0) is 12.8 Å². The van der Waals surface area contributed by atoms with Crippen LogP contribution in [-0.2, 0) is 4.79 Å². The first-order valence-corrected chi connectivity index (χ1v) is 2.88. The van der Waals surface area contributed by atoms with Gasteiger partial charge in [0.15, 0.2) is 0 Å². The summed E-state index contributed by atoms with van der Waals surface area (Å²) in [4.78, 5) is 9.81. The molecule has 1 atom stereocenters. The lowest BCUT2D eigenvalue weighted by Gasteiger charge is -2.12. The minimum atomic E-state index is 0. The highest BCUT2D eigenvalue weighted by atomic mass is 16.1. The number of amides is 1. The molecule has 0 aliphatic rings. The Morgan fingerprint density at radius 1 is 1.50 bits per heavy atom. The van der Waals surface area contributed by atoms with Crippen molar-refractivity contribution in [3.63, 3.8) is 0 Å². The maximum absolute atomic E-state index is 9.81. The topological polar surface area (TPSA) is 29.1 Å². The predicted molar refractivity (Wildman–Crippen MR) is 35.6 cm³/mol. The van der Waals surface area contributed by atoms with Crippen LogP contribution in [0.5, 0.6) is 0 Å². The standard InChI is InChI=1S/C6H13NO.H2/c1-5(2)6(3)7-4-8;/h4-6H,1-3H3,(H,7,8);1H/t6-;/m0./s1. The second-order valence-electron chi connectivity index (χ2n) is 2.32. The zero-order valence-corrected chi connectivity index (χ0v) is 5.64. The zero-order chi connectivity index (χ0) is 6.57. The Morgan fingerprint density at radius 2 is 2.00 bits per heavy atom. The van der Waals surface area contributed by atoms with Crippen LogP contribution in [0.15, 0.2) is 0 Å². The quantitative estimate of drug-likeness (QED) is 0.549. The maximum Gasteiger partial charge on any atom is 0.207 e. The highest BCUT2D eigenvalue weighted by Crippen LogP contribution is 1.97. The fourth-order valence-electron chi connectivity index (χ4n) is 0.300. The van der Waals surface area contributed by atoms with Crippen LogP contribution in [0.25, 0.3) is 0 Å². The molecule has 0 fully saturated rings. The molecule has 0 saturated carbocycles. The fraction of sp³-hybridized carbons (Fsp3) is 0.833. The van der Waals surface area contributed by atoms with Gasteiger partial charge < -0.3 is 5.32 Å². The lowest BCUT2D eigenvalue weighted by molar-refractivity contribution is -0.110. The van der Waals surface area contributed by atoms with E-state index in [1.165, 1.54) is 0 Å². The van der Waals surface area contributed by atoms with Gasteiger partial charge in [-0.15, -0.1) is 0 Å². The van der Waals surface area contributed by atoms with Gasteiger partial charge in [0.05, 0.1) is 0 Å². The number of carbonyl (C=O) groups is 1. The largest absolute Gasteiger partial charge is 0.356 e. The third-order valence-electron chi connectivity index (χ3n) is 1.33. The Balaban J connectivity index is 0. The van der Waals surface area contributed by atoms with Gasteiger partial charge in [0.2, 0.25) is 6.41 Å². The maximum atomic E-state index is 9.81. The lowest BCUT2D eigenvalue weighted by atomic mass is 10.1. The Hall–Kier alpha value is -0.530. The molecule has 0 saturated heterocycles. The van der Waals surface area contributed by atoms with Crippen molar-refractivity contribution in [2.45, 2.75) is 26.8 Å². The second kappa shape index (κ2) is 3.47. The first-order valence-electron chi connectivity index (χ1n) is 2.88. The molecular weight excluding hydrogens is 102 g/mol. The van der Waals surface area contributed by atoms with E-state index < -0.39 is 0 Å². The highest BCUT2D eigenvalue weighted by Gasteiger charge is 2.02. The van der Waals surface area contributed by atoms with E-state index in [4.69, 9.17) is 0 Å². The minimum Gasteiger partial charge on any atom is -0.356 e. The predicted octanol–water partition coefficient (Wildman–Crippen LogP) is 1.02. The van der Waals surface area contributed by atoms with Crippen molar-refractivity contribution < 1.29 is 6.22 Å². The number of hydrogen-bond donors (Lipinski definition) is 1. The van der Waals surface area contributed by atoms with Crippen LogP contribution < -0.4 is 5.32 Å². The summed E-state index contributed by atoms with van der Waals surface area (Å²) in [7, 11) is 0. The van der Waals surface area contributed by atoms with Crippen molar-refractivity contribution in [3.8, 4) is 0 Å². The molecule has 0 bridgehead atoms. The van der Waals surface area contributed by atoms with Crippen molar-refractivity contribution in [2.24, 2.45) is 5.92 Å². The first kappa shape index (κ1) is 7.47. The van der Waals surface area contributed by atoms with Crippen molar-refractivity contribution in [1.82, 2.24) is 5.32 Å². The van der Waals surface area contributed by atoms with Gasteiger partial charge in [-0.2, -0.15) is 0 Å². The summed E-state index contributed by atoms with van der Waals surface area (Å²) < 4.78 is 0. The van der Waals surface area contributed by atoms with E-state index in [1.807, 2.05) is 6.92 Å². The first-order chi connectivity index (χ1) is 3.68. The number of nitrogens with one attached hydrogen (secondary N) is 1. The molecule has 50 valence electrons. The average Bonchev–Trinajstić information content (AvgIpc) is 1.67. The lowest BCUT2D eigenvalue weighted by Crippen LogP contribution is -2.29. The monoisotopic (exact) mass is 117 g/mol. The van der Waals surface area contributed by atoms with Crippen LogP contribution in [0.1, 0.15) is 22.2 Å². The Morgan fingerprint density at radius 3 is 2.12 bits per heavy atom. The second-order valence-corrected chi connectivity index (χ2v) is 2.32. The van der Waals surface area contributed by atoms with E-state index in [0.29, 0.717) is 12.0 Å². The smallest absolute Gasteiger partial charge is 0.207 e. The van der Waals surface area contributed by atoms with Crippen LogP contribution in [0.2, 0.25) is 0 Å². The van der Waals surface area contributed by atoms with E-state index in [1.54, 1.807) is 0 Å². The summed E-state index contributed by atoms with van der Waals surface area (Å²) in [6.07, 6.45) is 0.741. The summed E-state index contributed by atoms with van der Waals surface area (Å²) in [5.41, 5.74) is 0. The van der Waals surface area contributed by atoms with Gasteiger partial charge in [0, 0.05) is 7.47 Å². The van der Waals surface area contributed by atoms with Crippen LogP contribution >= 0.6 is 0 Å². The van der Waals surface area contributed by atoms with Crippen LogP contribution in [0, 0.1) is 5.92 Å². The minimum absolute atomic E-state index is 0. The van der Waals surface area contributed by atoms with Gasteiger partial charge in [0.25, 0.3) is 0 Å². The molecule has 2 heteroatoms. The molecule has 0 aliphatic heterocycles. The fourth-order valence-corrected chi connectivity index (χ4v) is 0.300. The normalized spacial score (nSPS) is 13.5. The molecule has 0 unspecified atom stereocenters. The van der Waals surface area contributed by atoms with Crippen molar-refractivity contribution in [3.05, 3.63) is 0 Å². The van der Waals surface area contributed by atoms with Crippen molar-refractivity contribution in [2.75, 3.05) is 0 Å². The summed E-state index contributed by atoms with van der Waals surface area (Å²) in [5.74, 6) is 0.528. The Labute approximate surface area is 51.8 Å².